The molecule has 0 aliphatic rings. The van der Waals surface area contributed by atoms with Crippen molar-refractivity contribution in [2.45, 2.75) is 18.7 Å². The number of halogens is 1. The summed E-state index contributed by atoms with van der Waals surface area (Å²) in [4.78, 5) is 12.4. The minimum Gasteiger partial charge on any atom is -0.495 e. The minimum absolute atomic E-state index is 0.0626. The molecule has 0 heterocycles. The molecule has 9 heteroatoms. The van der Waals surface area contributed by atoms with Crippen molar-refractivity contribution in [2.24, 2.45) is 0 Å². The van der Waals surface area contributed by atoms with Crippen molar-refractivity contribution in [3.8, 4) is 11.5 Å². The van der Waals surface area contributed by atoms with Gasteiger partial charge in [0.15, 0.2) is 0 Å². The Kier molecular flexibility index (Phi) is 7.98. The molecule has 0 aliphatic heterocycles. The van der Waals surface area contributed by atoms with E-state index in [0.29, 0.717) is 18.8 Å². The van der Waals surface area contributed by atoms with Gasteiger partial charge < -0.3 is 14.8 Å². The molecule has 0 spiro atoms. The Morgan fingerprint density at radius 1 is 1.14 bits per heavy atom. The molecule has 1 N–H and O–H groups in total. The number of carbonyl (C=O) groups excluding carboxylic acids is 1. The van der Waals surface area contributed by atoms with E-state index in [-0.39, 0.29) is 29.4 Å². The van der Waals surface area contributed by atoms with Gasteiger partial charge in [0.25, 0.3) is 5.91 Å². The second kappa shape index (κ2) is 10.2. The van der Waals surface area contributed by atoms with E-state index in [1.807, 2.05) is 0 Å². The summed E-state index contributed by atoms with van der Waals surface area (Å²) in [7, 11) is -2.42. The van der Waals surface area contributed by atoms with Gasteiger partial charge >= 0.3 is 0 Å². The van der Waals surface area contributed by atoms with Crippen LogP contribution in [0.25, 0.3) is 0 Å². The van der Waals surface area contributed by atoms with Gasteiger partial charge in [-0.1, -0.05) is 19.9 Å². The van der Waals surface area contributed by atoms with E-state index in [2.05, 4.69) is 5.32 Å². The molecule has 0 bridgehead atoms. The van der Waals surface area contributed by atoms with Crippen LogP contribution in [-0.4, -0.2) is 52.0 Å². The summed E-state index contributed by atoms with van der Waals surface area (Å²) in [6, 6.07) is 9.93. The fraction of sp³-hybridized carbons (Fsp3) is 0.350. The third-order valence-electron chi connectivity index (χ3n) is 4.20. The number of nitrogens with one attached hydrogen (secondary N) is 1. The Hall–Kier alpha value is -2.65. The summed E-state index contributed by atoms with van der Waals surface area (Å²) >= 11 is 0. The molecule has 0 atom stereocenters. The third kappa shape index (κ3) is 5.68. The van der Waals surface area contributed by atoms with E-state index < -0.39 is 21.7 Å². The highest BCUT2D eigenvalue weighted by molar-refractivity contribution is 7.89. The van der Waals surface area contributed by atoms with Crippen molar-refractivity contribution in [1.29, 1.82) is 0 Å². The van der Waals surface area contributed by atoms with Crippen molar-refractivity contribution in [2.75, 3.05) is 33.4 Å². The number of hydrogen-bond acceptors (Lipinski definition) is 5. The highest BCUT2D eigenvalue weighted by atomic mass is 32.2. The average molecular weight is 424 g/mol. The number of amides is 1. The fourth-order valence-electron chi connectivity index (χ4n) is 2.71. The molecule has 0 fully saturated rings. The number of hydrogen-bond donors (Lipinski definition) is 1. The molecule has 29 heavy (non-hydrogen) atoms. The highest BCUT2D eigenvalue weighted by Crippen LogP contribution is 2.27. The Labute approximate surface area is 170 Å². The highest BCUT2D eigenvalue weighted by Gasteiger charge is 2.26. The Morgan fingerprint density at radius 3 is 2.48 bits per heavy atom. The molecule has 0 aliphatic carbocycles. The molecule has 0 aromatic heterocycles. The van der Waals surface area contributed by atoms with Gasteiger partial charge in [0.2, 0.25) is 10.0 Å². The van der Waals surface area contributed by atoms with Crippen LogP contribution in [0.4, 0.5) is 4.39 Å². The maximum Gasteiger partial charge on any atom is 0.251 e. The van der Waals surface area contributed by atoms with Gasteiger partial charge in [-0.15, -0.1) is 0 Å². The number of rotatable bonds is 10. The number of nitrogens with zero attached hydrogens (tertiary/aromatic N) is 1. The first-order valence-electron chi connectivity index (χ1n) is 9.18. The summed E-state index contributed by atoms with van der Waals surface area (Å²) < 4.78 is 50.7. The first-order valence-corrected chi connectivity index (χ1v) is 10.6. The van der Waals surface area contributed by atoms with Gasteiger partial charge in [0.05, 0.1) is 13.7 Å². The van der Waals surface area contributed by atoms with Crippen LogP contribution in [0.15, 0.2) is 47.4 Å². The summed E-state index contributed by atoms with van der Waals surface area (Å²) in [5.41, 5.74) is 0.183. The number of sulfonamides is 1. The van der Waals surface area contributed by atoms with Crippen LogP contribution in [0.1, 0.15) is 24.2 Å². The molecule has 2 aromatic rings. The normalized spacial score (nSPS) is 11.3. The largest absolute Gasteiger partial charge is 0.495 e. The second-order valence-corrected chi connectivity index (χ2v) is 7.92. The lowest BCUT2D eigenvalue weighted by molar-refractivity contribution is 0.0946. The van der Waals surface area contributed by atoms with Crippen LogP contribution in [-0.2, 0) is 10.0 Å². The first kappa shape index (κ1) is 22.6. The van der Waals surface area contributed by atoms with Gasteiger partial charge in [-0.3, -0.25) is 4.79 Å². The molecule has 0 unspecified atom stereocenters. The number of benzene rings is 2. The molecule has 2 aromatic carbocycles. The van der Waals surface area contributed by atoms with Crippen molar-refractivity contribution >= 4 is 15.9 Å². The lowest BCUT2D eigenvalue weighted by Gasteiger charge is -2.20. The third-order valence-corrected chi connectivity index (χ3v) is 6.27. The van der Waals surface area contributed by atoms with Crippen molar-refractivity contribution in [3.63, 3.8) is 0 Å². The van der Waals surface area contributed by atoms with Gasteiger partial charge in [-0.25, -0.2) is 12.8 Å². The minimum atomic E-state index is -3.80. The SMILES string of the molecule is CCN(CC)S(=O)(=O)c1cc(C(=O)NCCOc2cccc(F)c2)ccc1OC. The van der Waals surface area contributed by atoms with E-state index in [4.69, 9.17) is 9.47 Å². The van der Waals surface area contributed by atoms with Crippen LogP contribution < -0.4 is 14.8 Å². The quantitative estimate of drug-likeness (QED) is 0.593. The molecule has 7 nitrogen and oxygen atoms in total. The van der Waals surface area contributed by atoms with Crippen LogP contribution in [0, 0.1) is 5.82 Å². The summed E-state index contributed by atoms with van der Waals surface area (Å²) in [6.07, 6.45) is 0. The maximum atomic E-state index is 13.1. The molecule has 0 saturated heterocycles. The Morgan fingerprint density at radius 2 is 1.86 bits per heavy atom. The van der Waals surface area contributed by atoms with Gasteiger partial charge in [0.1, 0.15) is 28.8 Å². The Bertz CT molecular complexity index is 946. The lowest BCUT2D eigenvalue weighted by atomic mass is 10.2. The molecule has 158 valence electrons. The van der Waals surface area contributed by atoms with Crippen LogP contribution in [0.2, 0.25) is 0 Å². The van der Waals surface area contributed by atoms with Gasteiger partial charge in [-0.2, -0.15) is 4.31 Å². The monoisotopic (exact) mass is 424 g/mol. The fourth-order valence-corrected chi connectivity index (χ4v) is 4.35. The van der Waals surface area contributed by atoms with E-state index in [9.17, 15) is 17.6 Å². The topological polar surface area (TPSA) is 84.9 Å². The van der Waals surface area contributed by atoms with E-state index in [0.717, 1.165) is 0 Å². The number of methoxy groups -OCH3 is 1. The predicted molar refractivity (Wildman–Crippen MR) is 107 cm³/mol. The van der Waals surface area contributed by atoms with Crippen molar-refractivity contribution in [3.05, 3.63) is 53.8 Å². The molecular weight excluding hydrogens is 399 g/mol. The molecule has 2 rings (SSSR count). The van der Waals surface area contributed by atoms with Crippen LogP contribution in [0.5, 0.6) is 11.5 Å². The first-order chi connectivity index (χ1) is 13.8. The lowest BCUT2D eigenvalue weighted by Crippen LogP contribution is -2.31. The molecular formula is C20H25FN2O5S. The number of carbonyl (C=O) groups is 1. The van der Waals surface area contributed by atoms with Crippen LogP contribution >= 0.6 is 0 Å². The zero-order valence-corrected chi connectivity index (χ0v) is 17.5. The zero-order chi connectivity index (χ0) is 21.4. The molecule has 1 amide bonds. The average Bonchev–Trinajstić information content (AvgIpc) is 2.71. The smallest absolute Gasteiger partial charge is 0.251 e. The van der Waals surface area contributed by atoms with Crippen LogP contribution in [0.3, 0.4) is 0 Å². The predicted octanol–water partition coefficient (Wildman–Crippen LogP) is 2.67. The Balaban J connectivity index is 2.09. The number of ether oxygens (including phenoxy) is 2. The van der Waals surface area contributed by atoms with Crippen molar-refractivity contribution in [1.82, 2.24) is 9.62 Å². The standard InChI is InChI=1S/C20H25FN2O5S/c1-4-23(5-2)29(25,26)19-13-15(9-10-18(19)27-3)20(24)22-11-12-28-17-8-6-7-16(21)14-17/h6-10,13-14H,4-5,11-12H2,1-3H3,(H,22,24). The summed E-state index contributed by atoms with van der Waals surface area (Å²) in [5.74, 6) is -0.336. The van der Waals surface area contributed by atoms with Crippen molar-refractivity contribution < 1.29 is 27.1 Å². The maximum absolute atomic E-state index is 13.1. The second-order valence-electron chi connectivity index (χ2n) is 6.02. The van der Waals surface area contributed by atoms with Gasteiger partial charge in [-0.05, 0) is 30.3 Å². The zero-order valence-electron chi connectivity index (χ0n) is 16.6. The van der Waals surface area contributed by atoms with Gasteiger partial charge in [0, 0.05) is 24.7 Å². The molecule has 0 radical (unpaired) electrons. The summed E-state index contributed by atoms with van der Waals surface area (Å²) in [5, 5.41) is 2.65. The summed E-state index contributed by atoms with van der Waals surface area (Å²) in [6.45, 7) is 4.38. The van der Waals surface area contributed by atoms with E-state index in [1.54, 1.807) is 19.9 Å². The molecule has 0 saturated carbocycles. The van der Waals surface area contributed by atoms with E-state index >= 15 is 0 Å². The van der Waals surface area contributed by atoms with E-state index in [1.165, 1.54) is 47.8 Å².